The second kappa shape index (κ2) is 4.68. The van der Waals surface area contributed by atoms with Gasteiger partial charge in [-0.2, -0.15) is 0 Å². The predicted molar refractivity (Wildman–Crippen MR) is 35.1 cm³/mol. The zero-order valence-electron chi connectivity index (χ0n) is 6.36. The highest BCUT2D eigenvalue weighted by Gasteiger charge is 2.13. The summed E-state index contributed by atoms with van der Waals surface area (Å²) in [6, 6.07) is 0. The van der Waals surface area contributed by atoms with Crippen LogP contribution >= 0.6 is 0 Å². The molecule has 0 saturated carbocycles. The summed E-state index contributed by atoms with van der Waals surface area (Å²) in [5.74, 6) is -1.85. The second-order valence-electron chi connectivity index (χ2n) is 1.88. The summed E-state index contributed by atoms with van der Waals surface area (Å²) >= 11 is 0. The van der Waals surface area contributed by atoms with E-state index in [4.69, 9.17) is 5.11 Å². The maximum absolute atomic E-state index is 10.7. The molecule has 1 N–H and O–H groups in total. The van der Waals surface area contributed by atoms with Crippen LogP contribution in [0.5, 0.6) is 0 Å². The predicted octanol–water partition coefficient (Wildman–Crippen LogP) is -0.351. The first-order chi connectivity index (χ1) is 5.07. The summed E-state index contributed by atoms with van der Waals surface area (Å²) < 4.78 is 8.87. The van der Waals surface area contributed by atoms with Gasteiger partial charge in [0.25, 0.3) is 0 Å². The molecule has 0 fully saturated rings. The third-order valence-corrected chi connectivity index (χ3v) is 1.02. The van der Waals surface area contributed by atoms with Crippen LogP contribution in [-0.4, -0.2) is 36.9 Å². The average Bonchev–Trinajstić information content (AvgIpc) is 1.98. The van der Waals surface area contributed by atoms with E-state index in [-0.39, 0.29) is 0 Å². The first-order valence-corrected chi connectivity index (χ1v) is 2.99. The van der Waals surface area contributed by atoms with Crippen LogP contribution in [0.25, 0.3) is 0 Å². The molecule has 11 heavy (non-hydrogen) atoms. The van der Waals surface area contributed by atoms with Crippen molar-refractivity contribution in [1.29, 1.82) is 0 Å². The Labute approximate surface area is 63.9 Å². The van der Waals surface area contributed by atoms with Crippen LogP contribution in [0.3, 0.4) is 0 Å². The molecule has 64 valence electrons. The van der Waals surface area contributed by atoms with Gasteiger partial charge in [-0.15, -0.1) is 0 Å². The molecule has 1 unspecified atom stereocenters. The summed E-state index contributed by atoms with van der Waals surface area (Å²) in [6.07, 6.45) is -0.714. The number of hydrogen-bond acceptors (Lipinski definition) is 4. The van der Waals surface area contributed by atoms with Crippen LogP contribution in [0, 0.1) is 0 Å². The van der Waals surface area contributed by atoms with Gasteiger partial charge in [-0.05, 0) is 6.92 Å². The standard InChI is InChI=1S/C6H10O5/c1-4(10-2)6(9)11-3-5(7)8/h4H,3H2,1-2H3,(H,7,8). The molecule has 0 aromatic heterocycles. The normalized spacial score (nSPS) is 12.2. The molecule has 0 radical (unpaired) electrons. The molecule has 0 saturated heterocycles. The summed E-state index contributed by atoms with van der Waals surface area (Å²) in [6.45, 7) is 0.858. The van der Waals surface area contributed by atoms with E-state index in [1.807, 2.05) is 0 Å². The molecule has 0 amide bonds. The topological polar surface area (TPSA) is 72.8 Å². The van der Waals surface area contributed by atoms with Crippen LogP contribution in [0.2, 0.25) is 0 Å². The van der Waals surface area contributed by atoms with Crippen LogP contribution in [-0.2, 0) is 19.1 Å². The molecule has 0 aliphatic carbocycles. The fraction of sp³-hybridized carbons (Fsp3) is 0.667. The van der Waals surface area contributed by atoms with Gasteiger partial charge in [-0.1, -0.05) is 0 Å². The quantitative estimate of drug-likeness (QED) is 0.572. The van der Waals surface area contributed by atoms with Crippen LogP contribution in [0.1, 0.15) is 6.92 Å². The molecule has 0 aliphatic rings. The molecule has 5 heteroatoms. The van der Waals surface area contributed by atoms with Crippen LogP contribution < -0.4 is 0 Å². The highest BCUT2D eigenvalue weighted by molar-refractivity contribution is 5.77. The van der Waals surface area contributed by atoms with Gasteiger partial charge >= 0.3 is 11.9 Å². The lowest BCUT2D eigenvalue weighted by Crippen LogP contribution is -2.24. The van der Waals surface area contributed by atoms with E-state index in [9.17, 15) is 9.59 Å². The smallest absolute Gasteiger partial charge is 0.341 e. The first-order valence-electron chi connectivity index (χ1n) is 2.99. The van der Waals surface area contributed by atoms with E-state index in [1.165, 1.54) is 14.0 Å². The zero-order valence-corrected chi connectivity index (χ0v) is 6.36. The van der Waals surface area contributed by atoms with Crippen LogP contribution in [0.4, 0.5) is 0 Å². The summed E-state index contributed by atoms with van der Waals surface area (Å²) in [5, 5.41) is 8.10. The van der Waals surface area contributed by atoms with Gasteiger partial charge in [0.1, 0.15) is 0 Å². The SMILES string of the molecule is COC(C)C(=O)OCC(=O)O. The lowest BCUT2D eigenvalue weighted by Gasteiger charge is -2.06. The van der Waals surface area contributed by atoms with E-state index in [0.29, 0.717) is 0 Å². The molecule has 0 aromatic carbocycles. The van der Waals surface area contributed by atoms with Gasteiger partial charge in [-0.3, -0.25) is 0 Å². The molecular weight excluding hydrogens is 152 g/mol. The molecule has 0 bridgehead atoms. The molecule has 0 spiro atoms. The number of carbonyl (C=O) groups is 2. The second-order valence-corrected chi connectivity index (χ2v) is 1.88. The fourth-order valence-corrected chi connectivity index (χ4v) is 0.346. The largest absolute Gasteiger partial charge is 0.479 e. The Balaban J connectivity index is 3.60. The van der Waals surface area contributed by atoms with Gasteiger partial charge in [-0.25, -0.2) is 9.59 Å². The number of hydrogen-bond donors (Lipinski definition) is 1. The number of rotatable bonds is 4. The zero-order chi connectivity index (χ0) is 8.85. The number of carboxylic acid groups (broad SMARTS) is 1. The maximum Gasteiger partial charge on any atom is 0.341 e. The highest BCUT2D eigenvalue weighted by Crippen LogP contribution is 1.91. The number of carbonyl (C=O) groups excluding carboxylic acids is 1. The molecule has 0 heterocycles. The van der Waals surface area contributed by atoms with Gasteiger partial charge in [0, 0.05) is 7.11 Å². The monoisotopic (exact) mass is 162 g/mol. The van der Waals surface area contributed by atoms with Crippen molar-refractivity contribution in [3.63, 3.8) is 0 Å². The molecular formula is C6H10O5. The van der Waals surface area contributed by atoms with Crippen molar-refractivity contribution in [2.24, 2.45) is 0 Å². The van der Waals surface area contributed by atoms with E-state index < -0.39 is 24.6 Å². The minimum atomic E-state index is -1.18. The Bertz CT molecular complexity index is 153. The van der Waals surface area contributed by atoms with Crippen molar-refractivity contribution in [2.45, 2.75) is 13.0 Å². The summed E-state index contributed by atoms with van der Waals surface area (Å²) in [4.78, 5) is 20.6. The van der Waals surface area contributed by atoms with Crippen molar-refractivity contribution >= 4 is 11.9 Å². The number of ether oxygens (including phenoxy) is 2. The Hall–Kier alpha value is -1.10. The first kappa shape index (κ1) is 9.90. The molecule has 0 aromatic rings. The number of aliphatic carboxylic acids is 1. The summed E-state index contributed by atoms with van der Waals surface area (Å²) in [7, 11) is 1.34. The highest BCUT2D eigenvalue weighted by atomic mass is 16.6. The molecule has 1 atom stereocenters. The third kappa shape index (κ3) is 4.32. The average molecular weight is 162 g/mol. The minimum absolute atomic E-state index is 0.619. The van der Waals surface area contributed by atoms with Crippen LogP contribution in [0.15, 0.2) is 0 Å². The van der Waals surface area contributed by atoms with E-state index >= 15 is 0 Å². The van der Waals surface area contributed by atoms with Crippen molar-refractivity contribution in [3.8, 4) is 0 Å². The van der Waals surface area contributed by atoms with Crippen molar-refractivity contribution in [1.82, 2.24) is 0 Å². The minimum Gasteiger partial charge on any atom is -0.479 e. The van der Waals surface area contributed by atoms with Gasteiger partial charge < -0.3 is 14.6 Å². The number of methoxy groups -OCH3 is 1. The lowest BCUT2D eigenvalue weighted by molar-refractivity contribution is -0.162. The Morgan fingerprint density at radius 3 is 2.45 bits per heavy atom. The van der Waals surface area contributed by atoms with E-state index in [2.05, 4.69) is 9.47 Å². The molecule has 0 aliphatic heterocycles. The summed E-state index contributed by atoms with van der Waals surface area (Å²) in [5.41, 5.74) is 0. The van der Waals surface area contributed by atoms with E-state index in [1.54, 1.807) is 0 Å². The van der Waals surface area contributed by atoms with Crippen molar-refractivity contribution in [3.05, 3.63) is 0 Å². The number of esters is 1. The molecule has 5 nitrogen and oxygen atoms in total. The molecule has 0 rings (SSSR count). The third-order valence-electron chi connectivity index (χ3n) is 1.02. The van der Waals surface area contributed by atoms with Gasteiger partial charge in [0.15, 0.2) is 12.7 Å². The maximum atomic E-state index is 10.7. The Morgan fingerprint density at radius 1 is 1.55 bits per heavy atom. The van der Waals surface area contributed by atoms with Gasteiger partial charge in [0.05, 0.1) is 0 Å². The van der Waals surface area contributed by atoms with E-state index in [0.717, 1.165) is 0 Å². The van der Waals surface area contributed by atoms with Crippen molar-refractivity contribution in [2.75, 3.05) is 13.7 Å². The number of carboxylic acids is 1. The Morgan fingerprint density at radius 2 is 2.09 bits per heavy atom. The van der Waals surface area contributed by atoms with Crippen molar-refractivity contribution < 1.29 is 24.2 Å². The Kier molecular flexibility index (Phi) is 4.21. The fourth-order valence-electron chi connectivity index (χ4n) is 0.346. The lowest BCUT2D eigenvalue weighted by atomic mass is 10.4. The van der Waals surface area contributed by atoms with Gasteiger partial charge in [0.2, 0.25) is 0 Å².